The van der Waals surface area contributed by atoms with E-state index in [1.54, 1.807) is 42.5 Å². The first-order chi connectivity index (χ1) is 13.3. The van der Waals surface area contributed by atoms with Crippen molar-refractivity contribution in [1.29, 1.82) is 0 Å². The number of rotatable bonds is 4. The molecule has 0 saturated heterocycles. The fraction of sp³-hybridized carbons (Fsp3) is 0.0476. The third kappa shape index (κ3) is 4.50. The Morgan fingerprint density at radius 1 is 0.893 bits per heavy atom. The summed E-state index contributed by atoms with van der Waals surface area (Å²) in [7, 11) is 0. The molecular formula is C21H15Cl2FN2O2. The van der Waals surface area contributed by atoms with Crippen LogP contribution in [0.5, 0.6) is 0 Å². The Morgan fingerprint density at radius 2 is 1.61 bits per heavy atom. The Hall–Kier alpha value is -2.89. The van der Waals surface area contributed by atoms with Gasteiger partial charge in [0.05, 0.1) is 21.8 Å². The summed E-state index contributed by atoms with van der Waals surface area (Å²) in [5.41, 5.74) is 1.56. The SMILES string of the molecule is Cc1ccc(NC(=O)c2c(F)cccc2Cl)c(C(=O)Nc2ccc(Cl)cc2)c1. The molecule has 2 N–H and O–H groups in total. The van der Waals surface area contributed by atoms with Gasteiger partial charge in [0, 0.05) is 10.7 Å². The molecule has 3 aromatic carbocycles. The molecule has 0 radical (unpaired) electrons. The lowest BCUT2D eigenvalue weighted by Crippen LogP contribution is -2.19. The second kappa shape index (κ2) is 8.42. The average Bonchev–Trinajstić information content (AvgIpc) is 2.65. The Morgan fingerprint density at radius 3 is 2.29 bits per heavy atom. The average molecular weight is 417 g/mol. The van der Waals surface area contributed by atoms with Crippen LogP contribution in [0.4, 0.5) is 15.8 Å². The van der Waals surface area contributed by atoms with Gasteiger partial charge in [-0.25, -0.2) is 4.39 Å². The van der Waals surface area contributed by atoms with Gasteiger partial charge in [-0.15, -0.1) is 0 Å². The van der Waals surface area contributed by atoms with Gasteiger partial charge < -0.3 is 10.6 Å². The molecule has 4 nitrogen and oxygen atoms in total. The number of amides is 2. The monoisotopic (exact) mass is 416 g/mol. The maximum atomic E-state index is 14.0. The molecule has 142 valence electrons. The molecule has 0 saturated carbocycles. The highest BCUT2D eigenvalue weighted by atomic mass is 35.5. The van der Waals surface area contributed by atoms with Gasteiger partial charge in [-0.1, -0.05) is 40.9 Å². The summed E-state index contributed by atoms with van der Waals surface area (Å²) in [6.45, 7) is 1.82. The molecule has 7 heteroatoms. The van der Waals surface area contributed by atoms with Crippen molar-refractivity contribution in [2.45, 2.75) is 6.92 Å². The quantitative estimate of drug-likeness (QED) is 0.552. The van der Waals surface area contributed by atoms with Gasteiger partial charge in [0.1, 0.15) is 5.82 Å². The first kappa shape index (κ1) is 19.9. The Balaban J connectivity index is 1.89. The molecule has 0 aromatic heterocycles. The number of anilines is 2. The molecular weight excluding hydrogens is 402 g/mol. The van der Waals surface area contributed by atoms with Crippen LogP contribution >= 0.6 is 23.2 Å². The normalized spacial score (nSPS) is 10.4. The minimum absolute atomic E-state index is 0.0169. The second-order valence-electron chi connectivity index (χ2n) is 6.06. The molecule has 0 fully saturated rings. The van der Waals surface area contributed by atoms with Crippen molar-refractivity contribution in [2.24, 2.45) is 0 Å². The number of hydrogen-bond acceptors (Lipinski definition) is 2. The number of carbonyl (C=O) groups is 2. The van der Waals surface area contributed by atoms with Crippen molar-refractivity contribution in [3.63, 3.8) is 0 Å². The lowest BCUT2D eigenvalue weighted by atomic mass is 10.1. The highest BCUT2D eigenvalue weighted by molar-refractivity contribution is 6.34. The smallest absolute Gasteiger partial charge is 0.260 e. The van der Waals surface area contributed by atoms with Crippen molar-refractivity contribution in [2.75, 3.05) is 10.6 Å². The number of aryl methyl sites for hydroxylation is 1. The Labute approximate surface area is 171 Å². The van der Waals surface area contributed by atoms with Crippen LogP contribution < -0.4 is 10.6 Å². The van der Waals surface area contributed by atoms with Gasteiger partial charge in [-0.3, -0.25) is 9.59 Å². The van der Waals surface area contributed by atoms with Crippen molar-refractivity contribution in [3.05, 3.63) is 93.2 Å². The molecule has 0 spiro atoms. The van der Waals surface area contributed by atoms with E-state index in [1.807, 2.05) is 6.92 Å². The second-order valence-corrected chi connectivity index (χ2v) is 6.90. The van der Waals surface area contributed by atoms with E-state index in [0.29, 0.717) is 10.7 Å². The summed E-state index contributed by atoms with van der Waals surface area (Å²) < 4.78 is 14.0. The molecule has 0 heterocycles. The molecule has 0 aliphatic rings. The van der Waals surface area contributed by atoms with Crippen molar-refractivity contribution in [3.8, 4) is 0 Å². The zero-order valence-corrected chi connectivity index (χ0v) is 16.2. The summed E-state index contributed by atoms with van der Waals surface area (Å²) in [5.74, 6) is -1.92. The number of hydrogen-bond donors (Lipinski definition) is 2. The minimum atomic E-state index is -0.746. The highest BCUT2D eigenvalue weighted by Gasteiger charge is 2.19. The molecule has 0 unspecified atom stereocenters. The molecule has 0 aliphatic heterocycles. The summed E-state index contributed by atoms with van der Waals surface area (Å²) >= 11 is 11.8. The molecule has 0 bridgehead atoms. The summed E-state index contributed by atoms with van der Waals surface area (Å²) in [6, 6.07) is 15.5. The van der Waals surface area contributed by atoms with E-state index in [1.165, 1.54) is 12.1 Å². The first-order valence-corrected chi connectivity index (χ1v) is 9.03. The lowest BCUT2D eigenvalue weighted by molar-refractivity contribution is 0.102. The van der Waals surface area contributed by atoms with Crippen LogP contribution in [0.1, 0.15) is 26.3 Å². The van der Waals surface area contributed by atoms with Gasteiger partial charge in [0.15, 0.2) is 0 Å². The zero-order valence-electron chi connectivity index (χ0n) is 14.7. The fourth-order valence-corrected chi connectivity index (χ4v) is 2.96. The van der Waals surface area contributed by atoms with Gasteiger partial charge in [-0.05, 0) is 55.5 Å². The van der Waals surface area contributed by atoms with Crippen molar-refractivity contribution >= 4 is 46.4 Å². The van der Waals surface area contributed by atoms with E-state index in [9.17, 15) is 14.0 Å². The highest BCUT2D eigenvalue weighted by Crippen LogP contribution is 2.24. The maximum Gasteiger partial charge on any atom is 0.260 e. The molecule has 0 aliphatic carbocycles. The van der Waals surface area contributed by atoms with Crippen molar-refractivity contribution in [1.82, 2.24) is 0 Å². The van der Waals surface area contributed by atoms with E-state index < -0.39 is 17.6 Å². The number of nitrogens with one attached hydrogen (secondary N) is 2. The van der Waals surface area contributed by atoms with Gasteiger partial charge in [-0.2, -0.15) is 0 Å². The predicted octanol–water partition coefficient (Wildman–Crippen LogP) is 5.95. The third-order valence-corrected chi connectivity index (χ3v) is 4.53. The summed E-state index contributed by atoms with van der Waals surface area (Å²) in [6.07, 6.45) is 0. The molecule has 0 atom stereocenters. The van der Waals surface area contributed by atoms with Crippen LogP contribution in [0.3, 0.4) is 0 Å². The van der Waals surface area contributed by atoms with Gasteiger partial charge in [0.25, 0.3) is 11.8 Å². The third-order valence-electron chi connectivity index (χ3n) is 3.96. The van der Waals surface area contributed by atoms with E-state index in [-0.39, 0.29) is 21.8 Å². The van der Waals surface area contributed by atoms with Crippen molar-refractivity contribution < 1.29 is 14.0 Å². The van der Waals surface area contributed by atoms with Gasteiger partial charge in [0.2, 0.25) is 0 Å². The number of halogens is 3. The lowest BCUT2D eigenvalue weighted by Gasteiger charge is -2.13. The van der Waals surface area contributed by atoms with Crippen LogP contribution in [0, 0.1) is 12.7 Å². The van der Waals surface area contributed by atoms with E-state index in [0.717, 1.165) is 11.6 Å². The summed E-state index contributed by atoms with van der Waals surface area (Å²) in [5, 5.41) is 5.83. The zero-order chi connectivity index (χ0) is 20.3. The van der Waals surface area contributed by atoms with Crippen LogP contribution in [-0.4, -0.2) is 11.8 Å². The van der Waals surface area contributed by atoms with Gasteiger partial charge >= 0.3 is 0 Å². The molecule has 3 rings (SSSR count). The number of carbonyl (C=O) groups excluding carboxylic acids is 2. The molecule has 2 amide bonds. The predicted molar refractivity (Wildman–Crippen MR) is 110 cm³/mol. The molecule has 3 aromatic rings. The van der Waals surface area contributed by atoms with Crippen LogP contribution in [0.25, 0.3) is 0 Å². The Bertz CT molecular complexity index is 1030. The van der Waals surface area contributed by atoms with E-state index >= 15 is 0 Å². The first-order valence-electron chi connectivity index (χ1n) is 8.28. The standard InChI is InChI=1S/C21H15Cl2FN2O2/c1-12-5-10-18(26-21(28)19-16(23)3-2-4-17(19)24)15(11-12)20(27)25-14-8-6-13(22)7-9-14/h2-11H,1H3,(H,25,27)(H,26,28). The number of benzene rings is 3. The van der Waals surface area contributed by atoms with E-state index in [4.69, 9.17) is 23.2 Å². The minimum Gasteiger partial charge on any atom is -0.322 e. The summed E-state index contributed by atoms with van der Waals surface area (Å²) in [4.78, 5) is 25.3. The van der Waals surface area contributed by atoms with Crippen LogP contribution in [-0.2, 0) is 0 Å². The van der Waals surface area contributed by atoms with E-state index in [2.05, 4.69) is 10.6 Å². The van der Waals surface area contributed by atoms with Crippen LogP contribution in [0.2, 0.25) is 10.0 Å². The molecule has 28 heavy (non-hydrogen) atoms. The fourth-order valence-electron chi connectivity index (χ4n) is 2.59. The van der Waals surface area contributed by atoms with Crippen LogP contribution in [0.15, 0.2) is 60.7 Å². The maximum absolute atomic E-state index is 14.0. The Kier molecular flexibility index (Phi) is 5.97. The largest absolute Gasteiger partial charge is 0.322 e. The topological polar surface area (TPSA) is 58.2 Å².